The highest BCUT2D eigenvalue weighted by atomic mass is 16.4. The maximum atomic E-state index is 12.6. The maximum Gasteiger partial charge on any atom is 0.407 e. The first-order valence-electron chi connectivity index (χ1n) is 12.7. The van der Waals surface area contributed by atoms with Crippen LogP contribution in [-0.2, 0) is 9.59 Å². The Bertz CT molecular complexity index is 1280. The highest BCUT2D eigenvalue weighted by Gasteiger charge is 2.35. The first-order chi connectivity index (χ1) is 18.8. The number of carbonyl (C=O) groups is 4. The average Bonchev–Trinajstić information content (AvgIpc) is 3.70. The number of carboxylic acid groups (broad SMARTS) is 2. The van der Waals surface area contributed by atoms with Crippen LogP contribution in [0, 0.1) is 0 Å². The third kappa shape index (κ3) is 5.40. The third-order valence-corrected chi connectivity index (χ3v) is 7.11. The molecule has 0 spiro atoms. The van der Waals surface area contributed by atoms with Crippen LogP contribution in [0.4, 0.5) is 21.0 Å². The van der Waals surface area contributed by atoms with Crippen molar-refractivity contribution in [3.63, 3.8) is 0 Å². The van der Waals surface area contributed by atoms with E-state index in [1.165, 1.54) is 0 Å². The van der Waals surface area contributed by atoms with Gasteiger partial charge in [0.1, 0.15) is 12.1 Å². The predicted octanol–water partition coefficient (Wildman–Crippen LogP) is 3.91. The summed E-state index contributed by atoms with van der Waals surface area (Å²) in [5.74, 6) is -0.695. The van der Waals surface area contributed by atoms with Crippen LogP contribution in [-0.4, -0.2) is 79.2 Å². The zero-order valence-electron chi connectivity index (χ0n) is 21.0. The number of nitrogens with one attached hydrogen (secondary N) is 3. The Labute approximate surface area is 223 Å². The van der Waals surface area contributed by atoms with E-state index in [2.05, 4.69) is 20.6 Å². The molecule has 2 fully saturated rings. The molecule has 5 rings (SSSR count). The number of carbonyl (C=O) groups excluding carboxylic acids is 2. The van der Waals surface area contributed by atoms with E-state index in [1.807, 2.05) is 24.3 Å². The van der Waals surface area contributed by atoms with E-state index >= 15 is 0 Å². The van der Waals surface area contributed by atoms with Gasteiger partial charge in [0, 0.05) is 35.6 Å². The Morgan fingerprint density at radius 1 is 0.744 bits per heavy atom. The number of rotatable bonds is 6. The molecule has 4 amide bonds. The van der Waals surface area contributed by atoms with Crippen molar-refractivity contribution in [3.8, 4) is 22.5 Å². The van der Waals surface area contributed by atoms with Crippen LogP contribution < -0.4 is 10.6 Å². The van der Waals surface area contributed by atoms with Gasteiger partial charge in [-0.1, -0.05) is 24.3 Å². The van der Waals surface area contributed by atoms with Crippen molar-refractivity contribution in [2.75, 3.05) is 23.7 Å². The highest BCUT2D eigenvalue weighted by molar-refractivity contribution is 5.98. The molecule has 2 aliphatic rings. The minimum atomic E-state index is -1.09. The van der Waals surface area contributed by atoms with Crippen LogP contribution >= 0.6 is 0 Å². The zero-order chi connectivity index (χ0) is 27.5. The van der Waals surface area contributed by atoms with Gasteiger partial charge in [0.15, 0.2) is 0 Å². The number of imidazole rings is 1. The van der Waals surface area contributed by atoms with E-state index in [4.69, 9.17) is 0 Å². The van der Waals surface area contributed by atoms with Gasteiger partial charge in [0.25, 0.3) is 0 Å². The van der Waals surface area contributed by atoms with Crippen LogP contribution in [0.15, 0.2) is 54.9 Å². The van der Waals surface area contributed by atoms with Crippen molar-refractivity contribution in [1.82, 2.24) is 19.8 Å². The fraction of sp³-hybridized carbons (Fsp3) is 0.296. The molecule has 39 heavy (non-hydrogen) atoms. The summed E-state index contributed by atoms with van der Waals surface area (Å²) in [5, 5.41) is 24.2. The molecule has 2 atom stereocenters. The number of aromatic nitrogens is 2. The fourth-order valence-corrected chi connectivity index (χ4v) is 5.15. The number of hydrogen-bond acceptors (Lipinski definition) is 5. The molecule has 1 aromatic heterocycles. The molecule has 2 saturated heterocycles. The Hall–Kier alpha value is -4.87. The van der Waals surface area contributed by atoms with Crippen molar-refractivity contribution in [2.45, 2.75) is 37.8 Å². The summed E-state index contributed by atoms with van der Waals surface area (Å²) < 4.78 is 0. The summed E-state index contributed by atoms with van der Waals surface area (Å²) in [6, 6.07) is 12.9. The van der Waals surface area contributed by atoms with Gasteiger partial charge in [-0.05, 0) is 49.9 Å². The number of aromatic amines is 1. The quantitative estimate of drug-likeness (QED) is 0.321. The van der Waals surface area contributed by atoms with E-state index in [9.17, 15) is 29.4 Å². The smallest absolute Gasteiger partial charge is 0.407 e. The molecule has 0 unspecified atom stereocenters. The lowest BCUT2D eigenvalue weighted by Crippen LogP contribution is -2.42. The number of amides is 4. The minimum absolute atomic E-state index is 0.347. The van der Waals surface area contributed by atoms with E-state index in [-0.39, 0.29) is 11.8 Å². The van der Waals surface area contributed by atoms with Gasteiger partial charge < -0.3 is 25.8 Å². The lowest BCUT2D eigenvalue weighted by atomic mass is 10.0. The molecule has 2 aromatic carbocycles. The Balaban J connectivity index is 1.25. The standard InChI is InChI=1S/C27H28N6O6/c34-24(20-3-1-13-32(20)26(36)37)30-18-9-5-16(6-10-18)22-23(29-15-28-22)17-7-11-19(12-8-17)31-25(35)21-4-2-14-33(21)27(38)39/h5-12,15,20-21H,1-4,13-14H2,(H,28,29)(H,30,34)(H,31,35)(H,36,37)(H,38,39)/t20-,21-/m0/s1. The summed E-state index contributed by atoms with van der Waals surface area (Å²) in [5.41, 5.74) is 4.22. The van der Waals surface area contributed by atoms with E-state index in [1.54, 1.807) is 30.6 Å². The number of anilines is 2. The van der Waals surface area contributed by atoms with Crippen molar-refractivity contribution in [1.29, 1.82) is 0 Å². The van der Waals surface area contributed by atoms with Gasteiger partial charge in [-0.2, -0.15) is 0 Å². The van der Waals surface area contributed by atoms with Crippen molar-refractivity contribution in [3.05, 3.63) is 54.9 Å². The molecule has 0 bridgehead atoms. The van der Waals surface area contributed by atoms with E-state index in [0.717, 1.165) is 26.6 Å². The number of benzene rings is 2. The number of likely N-dealkylation sites (tertiary alicyclic amines) is 2. The lowest BCUT2D eigenvalue weighted by molar-refractivity contribution is -0.120. The minimum Gasteiger partial charge on any atom is -0.465 e. The van der Waals surface area contributed by atoms with E-state index < -0.39 is 24.3 Å². The largest absolute Gasteiger partial charge is 0.465 e. The fourth-order valence-electron chi connectivity index (χ4n) is 5.15. The van der Waals surface area contributed by atoms with Crippen LogP contribution in [0.2, 0.25) is 0 Å². The normalized spacial score (nSPS) is 18.7. The van der Waals surface area contributed by atoms with E-state index in [0.29, 0.717) is 55.8 Å². The van der Waals surface area contributed by atoms with Gasteiger partial charge in [-0.25, -0.2) is 14.6 Å². The molecule has 0 aliphatic carbocycles. The Morgan fingerprint density at radius 2 is 1.21 bits per heavy atom. The zero-order valence-corrected chi connectivity index (χ0v) is 21.0. The van der Waals surface area contributed by atoms with Crippen LogP contribution in [0.25, 0.3) is 22.5 Å². The molecular weight excluding hydrogens is 504 g/mol. The van der Waals surface area contributed by atoms with Gasteiger partial charge >= 0.3 is 12.2 Å². The molecule has 0 saturated carbocycles. The predicted molar refractivity (Wildman–Crippen MR) is 142 cm³/mol. The number of nitrogens with zero attached hydrogens (tertiary/aromatic N) is 3. The molecule has 3 aromatic rings. The average molecular weight is 533 g/mol. The third-order valence-electron chi connectivity index (χ3n) is 7.11. The molecule has 202 valence electrons. The molecule has 2 aliphatic heterocycles. The van der Waals surface area contributed by atoms with Crippen molar-refractivity contribution < 1.29 is 29.4 Å². The summed E-state index contributed by atoms with van der Waals surface area (Å²) in [6.07, 6.45) is 1.70. The number of H-pyrrole nitrogens is 1. The van der Waals surface area contributed by atoms with Crippen molar-refractivity contribution in [2.24, 2.45) is 0 Å². The SMILES string of the molecule is O=C(Nc1ccc(-c2nc[nH]c2-c2ccc(NC(=O)[C@@H]3CCCN3C(=O)O)cc2)cc1)[C@@H]1CCCN1C(=O)O. The highest BCUT2D eigenvalue weighted by Crippen LogP contribution is 2.31. The summed E-state index contributed by atoms with van der Waals surface area (Å²) >= 11 is 0. The molecule has 0 radical (unpaired) electrons. The summed E-state index contributed by atoms with van der Waals surface area (Å²) in [4.78, 5) is 57.8. The lowest BCUT2D eigenvalue weighted by Gasteiger charge is -2.20. The molecule has 12 nitrogen and oxygen atoms in total. The monoisotopic (exact) mass is 532 g/mol. The Kier molecular flexibility index (Phi) is 7.17. The molecule has 3 heterocycles. The Morgan fingerprint density at radius 3 is 1.67 bits per heavy atom. The second-order valence-corrected chi connectivity index (χ2v) is 9.53. The van der Waals surface area contributed by atoms with Gasteiger partial charge in [-0.3, -0.25) is 19.4 Å². The molecular formula is C27H28N6O6. The summed E-state index contributed by atoms with van der Waals surface area (Å²) in [7, 11) is 0. The maximum absolute atomic E-state index is 12.6. The van der Waals surface area contributed by atoms with Crippen LogP contribution in [0.1, 0.15) is 25.7 Å². The van der Waals surface area contributed by atoms with Crippen LogP contribution in [0.5, 0.6) is 0 Å². The topological polar surface area (TPSA) is 168 Å². The van der Waals surface area contributed by atoms with Gasteiger partial charge in [0.2, 0.25) is 11.8 Å². The second-order valence-electron chi connectivity index (χ2n) is 9.53. The summed E-state index contributed by atoms with van der Waals surface area (Å²) in [6.45, 7) is 0.706. The van der Waals surface area contributed by atoms with Gasteiger partial charge in [-0.15, -0.1) is 0 Å². The second kappa shape index (κ2) is 10.9. The van der Waals surface area contributed by atoms with Crippen LogP contribution in [0.3, 0.4) is 0 Å². The number of hydrogen-bond donors (Lipinski definition) is 5. The molecule has 12 heteroatoms. The molecule has 5 N–H and O–H groups in total. The first kappa shape index (κ1) is 25.8. The van der Waals surface area contributed by atoms with Gasteiger partial charge in [0.05, 0.1) is 17.7 Å². The van der Waals surface area contributed by atoms with Crippen molar-refractivity contribution >= 4 is 35.4 Å². The first-order valence-corrected chi connectivity index (χ1v) is 12.7.